The number of benzene rings is 3. The van der Waals surface area contributed by atoms with E-state index in [2.05, 4.69) is 10.0 Å². The smallest absolute Gasteiger partial charge is 0.262 e. The molecule has 7 nitrogen and oxygen atoms in total. The predicted molar refractivity (Wildman–Crippen MR) is 126 cm³/mol. The SMILES string of the molecule is COc1ccc(NS(=O)(=O)c2ccc(OCC(=O)Nc3ccc(Cl)cc3C)c(Cl)c2)cc1. The molecule has 10 heteroatoms. The Bertz CT molecular complexity index is 1230. The number of carbonyl (C=O) groups is 1. The highest BCUT2D eigenvalue weighted by Gasteiger charge is 2.17. The molecule has 2 N–H and O–H groups in total. The molecule has 3 rings (SSSR count). The lowest BCUT2D eigenvalue weighted by atomic mass is 10.2. The minimum atomic E-state index is -3.87. The number of anilines is 2. The van der Waals surface area contributed by atoms with Gasteiger partial charge < -0.3 is 14.8 Å². The molecule has 0 unspecified atom stereocenters. The minimum absolute atomic E-state index is 0.0492. The molecule has 0 saturated carbocycles. The molecule has 0 fully saturated rings. The van der Waals surface area contributed by atoms with Gasteiger partial charge in [-0.05, 0) is 73.2 Å². The van der Waals surface area contributed by atoms with Crippen LogP contribution in [0.25, 0.3) is 0 Å². The molecule has 0 heterocycles. The third kappa shape index (κ3) is 6.06. The predicted octanol–water partition coefficient (Wildman–Crippen LogP) is 5.13. The molecular weight excluding hydrogens is 475 g/mol. The normalized spacial score (nSPS) is 11.0. The number of nitrogens with one attached hydrogen (secondary N) is 2. The van der Waals surface area contributed by atoms with Gasteiger partial charge in [0.2, 0.25) is 0 Å². The fourth-order valence-corrected chi connectivity index (χ4v) is 4.35. The van der Waals surface area contributed by atoms with Gasteiger partial charge in [-0.3, -0.25) is 9.52 Å². The standard InChI is InChI=1S/C22H20Cl2N2O5S/c1-14-11-15(23)3-9-20(14)25-22(27)13-31-21-10-8-18(12-19(21)24)32(28,29)26-16-4-6-17(30-2)7-5-16/h3-12,26H,13H2,1-2H3,(H,25,27). The van der Waals surface area contributed by atoms with Crippen molar-refractivity contribution in [1.29, 1.82) is 0 Å². The van der Waals surface area contributed by atoms with Crippen LogP contribution in [0.1, 0.15) is 5.56 Å². The van der Waals surface area contributed by atoms with Crippen LogP contribution in [0.3, 0.4) is 0 Å². The van der Waals surface area contributed by atoms with E-state index in [1.165, 1.54) is 25.3 Å². The van der Waals surface area contributed by atoms with Crippen LogP contribution in [0.2, 0.25) is 10.0 Å². The summed E-state index contributed by atoms with van der Waals surface area (Å²) < 4.78 is 38.2. The summed E-state index contributed by atoms with van der Waals surface area (Å²) >= 11 is 12.1. The van der Waals surface area contributed by atoms with Crippen molar-refractivity contribution in [2.75, 3.05) is 23.8 Å². The van der Waals surface area contributed by atoms with E-state index >= 15 is 0 Å². The first-order valence-corrected chi connectivity index (χ1v) is 11.6. The summed E-state index contributed by atoms with van der Waals surface area (Å²) in [4.78, 5) is 12.1. The van der Waals surface area contributed by atoms with Crippen molar-refractivity contribution in [1.82, 2.24) is 0 Å². The van der Waals surface area contributed by atoms with Crippen LogP contribution in [0.5, 0.6) is 11.5 Å². The number of methoxy groups -OCH3 is 1. The Hall–Kier alpha value is -2.94. The first kappa shape index (κ1) is 23.7. The number of carbonyl (C=O) groups excluding carboxylic acids is 1. The minimum Gasteiger partial charge on any atom is -0.497 e. The fourth-order valence-electron chi connectivity index (χ4n) is 2.74. The molecule has 1 amide bonds. The highest BCUT2D eigenvalue weighted by atomic mass is 35.5. The fraction of sp³-hybridized carbons (Fsp3) is 0.136. The summed E-state index contributed by atoms with van der Waals surface area (Å²) in [6.07, 6.45) is 0. The van der Waals surface area contributed by atoms with E-state index < -0.39 is 15.9 Å². The Kier molecular flexibility index (Phi) is 7.50. The monoisotopic (exact) mass is 494 g/mol. The van der Waals surface area contributed by atoms with Crippen LogP contribution < -0.4 is 19.5 Å². The van der Waals surface area contributed by atoms with Gasteiger partial charge in [0.05, 0.1) is 17.0 Å². The first-order chi connectivity index (χ1) is 15.2. The van der Waals surface area contributed by atoms with E-state index in [4.69, 9.17) is 32.7 Å². The molecule has 0 bridgehead atoms. The van der Waals surface area contributed by atoms with Crippen LogP contribution in [-0.2, 0) is 14.8 Å². The highest BCUT2D eigenvalue weighted by molar-refractivity contribution is 7.92. The van der Waals surface area contributed by atoms with Crippen LogP contribution >= 0.6 is 23.2 Å². The van der Waals surface area contributed by atoms with Crippen molar-refractivity contribution in [3.8, 4) is 11.5 Å². The molecule has 0 saturated heterocycles. The maximum atomic E-state index is 12.6. The number of amides is 1. The van der Waals surface area contributed by atoms with Crippen LogP contribution in [0.4, 0.5) is 11.4 Å². The lowest BCUT2D eigenvalue weighted by molar-refractivity contribution is -0.118. The number of hydrogen-bond donors (Lipinski definition) is 2. The van der Waals surface area contributed by atoms with Gasteiger partial charge in [-0.15, -0.1) is 0 Å². The van der Waals surface area contributed by atoms with Crippen molar-refractivity contribution in [3.05, 3.63) is 76.3 Å². The summed E-state index contributed by atoms with van der Waals surface area (Å²) in [6, 6.07) is 15.5. The third-order valence-corrected chi connectivity index (χ3v) is 6.29. The number of aryl methyl sites for hydroxylation is 1. The number of ether oxygens (including phenoxy) is 2. The number of rotatable bonds is 8. The maximum absolute atomic E-state index is 12.6. The second kappa shape index (κ2) is 10.1. The molecular formula is C22H20Cl2N2O5S. The lowest BCUT2D eigenvalue weighted by Crippen LogP contribution is -2.20. The van der Waals surface area contributed by atoms with Gasteiger partial charge in [0.15, 0.2) is 6.61 Å². The average Bonchev–Trinajstić information content (AvgIpc) is 2.75. The number of sulfonamides is 1. The Labute approximate surface area is 196 Å². The van der Waals surface area contributed by atoms with Gasteiger partial charge >= 0.3 is 0 Å². The highest BCUT2D eigenvalue weighted by Crippen LogP contribution is 2.29. The van der Waals surface area contributed by atoms with Crippen molar-refractivity contribution in [2.45, 2.75) is 11.8 Å². The quantitative estimate of drug-likeness (QED) is 0.452. The number of hydrogen-bond acceptors (Lipinski definition) is 5. The largest absolute Gasteiger partial charge is 0.497 e. The molecule has 0 aliphatic rings. The van der Waals surface area contributed by atoms with Gasteiger partial charge in [-0.1, -0.05) is 23.2 Å². The van der Waals surface area contributed by atoms with E-state index in [1.54, 1.807) is 42.5 Å². The van der Waals surface area contributed by atoms with E-state index in [0.29, 0.717) is 22.1 Å². The van der Waals surface area contributed by atoms with Gasteiger partial charge in [-0.2, -0.15) is 0 Å². The molecule has 3 aromatic carbocycles. The van der Waals surface area contributed by atoms with Crippen LogP contribution in [0.15, 0.2) is 65.6 Å². The zero-order valence-electron chi connectivity index (χ0n) is 17.2. The van der Waals surface area contributed by atoms with E-state index in [-0.39, 0.29) is 22.3 Å². The summed E-state index contributed by atoms with van der Waals surface area (Å²) in [6.45, 7) is 1.51. The second-order valence-corrected chi connectivity index (χ2v) is 9.25. The molecule has 0 spiro atoms. The van der Waals surface area contributed by atoms with Crippen molar-refractivity contribution >= 4 is 50.5 Å². The topological polar surface area (TPSA) is 93.7 Å². The molecule has 0 radical (unpaired) electrons. The molecule has 0 aromatic heterocycles. The first-order valence-electron chi connectivity index (χ1n) is 9.33. The van der Waals surface area contributed by atoms with Crippen LogP contribution in [0, 0.1) is 6.92 Å². The van der Waals surface area contributed by atoms with Gasteiger partial charge in [-0.25, -0.2) is 8.42 Å². The molecule has 0 atom stereocenters. The van der Waals surface area contributed by atoms with Gasteiger partial charge in [0.1, 0.15) is 11.5 Å². The third-order valence-electron chi connectivity index (χ3n) is 4.38. The number of halogens is 2. The maximum Gasteiger partial charge on any atom is 0.262 e. The zero-order valence-corrected chi connectivity index (χ0v) is 19.5. The van der Waals surface area contributed by atoms with E-state index in [0.717, 1.165) is 5.56 Å². The second-order valence-electron chi connectivity index (χ2n) is 6.72. The van der Waals surface area contributed by atoms with Crippen molar-refractivity contribution in [2.24, 2.45) is 0 Å². The molecule has 0 aliphatic heterocycles. The Morgan fingerprint density at radius 3 is 2.34 bits per heavy atom. The Morgan fingerprint density at radius 2 is 1.72 bits per heavy atom. The van der Waals surface area contributed by atoms with Gasteiger partial charge in [0.25, 0.3) is 15.9 Å². The van der Waals surface area contributed by atoms with Crippen LogP contribution in [-0.4, -0.2) is 28.0 Å². The Balaban J connectivity index is 1.64. The molecule has 168 valence electrons. The lowest BCUT2D eigenvalue weighted by Gasteiger charge is -2.12. The summed E-state index contributed by atoms with van der Waals surface area (Å²) in [5, 5.41) is 3.34. The zero-order chi connectivity index (χ0) is 23.3. The molecule has 0 aliphatic carbocycles. The summed E-state index contributed by atoms with van der Waals surface area (Å²) in [5.74, 6) is 0.384. The molecule has 32 heavy (non-hydrogen) atoms. The average molecular weight is 495 g/mol. The van der Waals surface area contributed by atoms with Crippen molar-refractivity contribution < 1.29 is 22.7 Å². The summed E-state index contributed by atoms with van der Waals surface area (Å²) in [7, 11) is -2.35. The van der Waals surface area contributed by atoms with E-state index in [1.807, 2.05) is 6.92 Å². The summed E-state index contributed by atoms with van der Waals surface area (Å²) in [5.41, 5.74) is 1.79. The van der Waals surface area contributed by atoms with Crippen molar-refractivity contribution in [3.63, 3.8) is 0 Å². The Morgan fingerprint density at radius 1 is 1.00 bits per heavy atom. The molecule has 3 aromatic rings. The van der Waals surface area contributed by atoms with E-state index in [9.17, 15) is 13.2 Å². The van der Waals surface area contributed by atoms with Gasteiger partial charge in [0, 0.05) is 16.4 Å².